The normalized spacial score (nSPS) is 12.9. The van der Waals surface area contributed by atoms with Crippen LogP contribution in [0.1, 0.15) is 21.5 Å². The first kappa shape index (κ1) is 22.9. The maximum absolute atomic E-state index is 14.3. The summed E-state index contributed by atoms with van der Waals surface area (Å²) >= 11 is 6.24. The largest absolute Gasteiger partial charge is 0.487 e. The summed E-state index contributed by atoms with van der Waals surface area (Å²) in [7, 11) is 0. The highest BCUT2D eigenvalue weighted by atomic mass is 35.5. The van der Waals surface area contributed by atoms with Crippen molar-refractivity contribution in [3.63, 3.8) is 0 Å². The number of ether oxygens (including phenoxy) is 2. The molecule has 2 heterocycles. The molecule has 0 saturated heterocycles. The number of rotatable bonds is 5. The van der Waals surface area contributed by atoms with Crippen LogP contribution in [0, 0.1) is 5.82 Å². The third-order valence-corrected chi connectivity index (χ3v) is 6.00. The first-order valence-corrected chi connectivity index (χ1v) is 11.6. The molecule has 0 N–H and O–H groups in total. The number of carbonyl (C=O) groups is 1. The van der Waals surface area contributed by atoms with Crippen molar-refractivity contribution in [3.05, 3.63) is 113 Å². The Hall–Kier alpha value is -3.90. The summed E-state index contributed by atoms with van der Waals surface area (Å²) in [5.41, 5.74) is 3.50. The fourth-order valence-electron chi connectivity index (χ4n) is 4.05. The predicted molar refractivity (Wildman–Crippen MR) is 132 cm³/mol. The number of hydrogen-bond acceptors (Lipinski definition) is 4. The van der Waals surface area contributed by atoms with E-state index in [1.54, 1.807) is 29.4 Å². The summed E-state index contributed by atoms with van der Waals surface area (Å²) in [5, 5.41) is 0.614. The molecule has 0 atom stereocenters. The van der Waals surface area contributed by atoms with Crippen LogP contribution < -0.4 is 9.47 Å². The van der Waals surface area contributed by atoms with Crippen molar-refractivity contribution in [3.8, 4) is 22.6 Å². The van der Waals surface area contributed by atoms with E-state index in [0.717, 1.165) is 22.3 Å². The molecule has 176 valence electrons. The zero-order valence-corrected chi connectivity index (χ0v) is 19.5. The molecule has 3 aromatic carbocycles. The molecule has 5 nitrogen and oxygen atoms in total. The fourth-order valence-corrected chi connectivity index (χ4v) is 4.24. The van der Waals surface area contributed by atoms with E-state index >= 15 is 0 Å². The first-order chi connectivity index (χ1) is 17.1. The number of amides is 1. The van der Waals surface area contributed by atoms with Gasteiger partial charge in [0.1, 0.15) is 19.0 Å². The highest BCUT2D eigenvalue weighted by Crippen LogP contribution is 2.39. The van der Waals surface area contributed by atoms with E-state index in [0.29, 0.717) is 29.7 Å². The lowest BCUT2D eigenvalue weighted by Crippen LogP contribution is -2.33. The van der Waals surface area contributed by atoms with Gasteiger partial charge >= 0.3 is 0 Å². The van der Waals surface area contributed by atoms with Crippen LogP contribution in [0.3, 0.4) is 0 Å². The molecule has 0 bridgehead atoms. The topological polar surface area (TPSA) is 51.7 Å². The minimum atomic E-state index is -0.545. The average molecular weight is 489 g/mol. The Morgan fingerprint density at radius 3 is 2.74 bits per heavy atom. The van der Waals surface area contributed by atoms with Gasteiger partial charge in [0.05, 0.1) is 12.1 Å². The monoisotopic (exact) mass is 488 g/mol. The second kappa shape index (κ2) is 10.2. The molecule has 0 saturated carbocycles. The summed E-state index contributed by atoms with van der Waals surface area (Å²) < 4.78 is 26.6. The Bertz CT molecular complexity index is 1360. The number of halogens is 2. The molecule has 5 rings (SSSR count). The lowest BCUT2D eigenvalue weighted by molar-refractivity contribution is 0.0728. The molecule has 0 aliphatic carbocycles. The fraction of sp³-hybridized carbons (Fsp3) is 0.143. The Morgan fingerprint density at radius 1 is 1.06 bits per heavy atom. The lowest BCUT2D eigenvalue weighted by Gasteiger charge is -2.21. The van der Waals surface area contributed by atoms with E-state index in [1.807, 2.05) is 48.5 Å². The van der Waals surface area contributed by atoms with Crippen molar-refractivity contribution in [2.45, 2.75) is 13.2 Å². The van der Waals surface area contributed by atoms with Crippen LogP contribution in [-0.2, 0) is 13.2 Å². The first-order valence-electron chi connectivity index (χ1n) is 11.2. The summed E-state index contributed by atoms with van der Waals surface area (Å²) in [5.74, 6) is 0.201. The van der Waals surface area contributed by atoms with Gasteiger partial charge in [-0.25, -0.2) is 4.39 Å². The molecule has 35 heavy (non-hydrogen) atoms. The lowest BCUT2D eigenvalue weighted by atomic mass is 10.0. The van der Waals surface area contributed by atoms with Crippen LogP contribution in [0.4, 0.5) is 4.39 Å². The van der Waals surface area contributed by atoms with Crippen molar-refractivity contribution in [2.75, 3.05) is 13.2 Å². The van der Waals surface area contributed by atoms with Gasteiger partial charge in [-0.2, -0.15) is 0 Å². The number of benzene rings is 3. The van der Waals surface area contributed by atoms with Crippen LogP contribution in [-0.4, -0.2) is 28.9 Å². The van der Waals surface area contributed by atoms with Gasteiger partial charge in [-0.15, -0.1) is 0 Å². The molecule has 1 amide bonds. The van der Waals surface area contributed by atoms with Crippen molar-refractivity contribution < 1.29 is 18.7 Å². The second-order valence-corrected chi connectivity index (χ2v) is 8.61. The molecule has 1 aliphatic heterocycles. The number of hydrogen-bond donors (Lipinski definition) is 0. The zero-order chi connectivity index (χ0) is 24.2. The second-order valence-electron chi connectivity index (χ2n) is 8.18. The summed E-state index contributed by atoms with van der Waals surface area (Å²) in [6.45, 7) is 1.13. The Kier molecular flexibility index (Phi) is 6.64. The van der Waals surface area contributed by atoms with E-state index < -0.39 is 5.82 Å². The average Bonchev–Trinajstić information content (AvgIpc) is 3.10. The molecular formula is C28H22ClFN2O3. The molecule has 4 aromatic rings. The van der Waals surface area contributed by atoms with Gasteiger partial charge in [-0.3, -0.25) is 9.78 Å². The van der Waals surface area contributed by atoms with Gasteiger partial charge in [0.2, 0.25) is 0 Å². The highest BCUT2D eigenvalue weighted by molar-refractivity contribution is 6.30. The standard InChI is InChI=1S/C28H22ClFN2O3/c29-23-7-3-6-20(14-23)21-13-22-17-32(28(33)24-8-1-2-9-25(24)30)11-12-34-27(22)26(15-21)35-18-19-5-4-10-31-16-19/h1-10,13-16H,11-12,17-18H2. The smallest absolute Gasteiger partial charge is 0.257 e. The molecular weight excluding hydrogens is 467 g/mol. The molecule has 1 aliphatic rings. The summed E-state index contributed by atoms with van der Waals surface area (Å²) in [6, 6.07) is 21.2. The minimum Gasteiger partial charge on any atom is -0.487 e. The number of pyridine rings is 1. The molecule has 0 fully saturated rings. The molecule has 0 radical (unpaired) electrons. The number of carbonyl (C=O) groups excluding carboxylic acids is 1. The van der Waals surface area contributed by atoms with E-state index in [4.69, 9.17) is 21.1 Å². The van der Waals surface area contributed by atoms with Crippen molar-refractivity contribution >= 4 is 17.5 Å². The van der Waals surface area contributed by atoms with Gasteiger partial charge in [-0.05, 0) is 53.6 Å². The molecule has 0 spiro atoms. The zero-order valence-electron chi connectivity index (χ0n) is 18.8. The van der Waals surface area contributed by atoms with Crippen molar-refractivity contribution in [1.82, 2.24) is 9.88 Å². The predicted octanol–water partition coefficient (Wildman–Crippen LogP) is 6.15. The minimum absolute atomic E-state index is 0.0370. The molecule has 0 unspecified atom stereocenters. The van der Waals surface area contributed by atoms with E-state index in [9.17, 15) is 9.18 Å². The van der Waals surface area contributed by atoms with Gasteiger partial charge < -0.3 is 14.4 Å². The Labute approximate surface area is 207 Å². The third-order valence-electron chi connectivity index (χ3n) is 5.77. The van der Waals surface area contributed by atoms with Gasteiger partial charge in [0.15, 0.2) is 11.5 Å². The summed E-state index contributed by atoms with van der Waals surface area (Å²) in [4.78, 5) is 18.9. The van der Waals surface area contributed by atoms with E-state index in [1.165, 1.54) is 12.1 Å². The molecule has 1 aromatic heterocycles. The van der Waals surface area contributed by atoms with Gasteiger partial charge in [0.25, 0.3) is 5.91 Å². The number of nitrogens with zero attached hydrogens (tertiary/aromatic N) is 2. The Morgan fingerprint density at radius 2 is 1.94 bits per heavy atom. The number of aromatic nitrogens is 1. The third kappa shape index (κ3) is 5.12. The van der Waals surface area contributed by atoms with Crippen molar-refractivity contribution in [1.29, 1.82) is 0 Å². The Balaban J connectivity index is 1.52. The van der Waals surface area contributed by atoms with E-state index in [2.05, 4.69) is 4.98 Å². The van der Waals surface area contributed by atoms with Gasteiger partial charge in [0, 0.05) is 35.1 Å². The van der Waals surface area contributed by atoms with E-state index in [-0.39, 0.29) is 24.6 Å². The van der Waals surface area contributed by atoms with Crippen LogP contribution in [0.15, 0.2) is 85.2 Å². The quantitative estimate of drug-likeness (QED) is 0.338. The summed E-state index contributed by atoms with van der Waals surface area (Å²) in [6.07, 6.45) is 3.45. The number of fused-ring (bicyclic) bond motifs is 1. The highest BCUT2D eigenvalue weighted by Gasteiger charge is 2.26. The van der Waals surface area contributed by atoms with Crippen LogP contribution >= 0.6 is 11.6 Å². The maximum Gasteiger partial charge on any atom is 0.257 e. The molecule has 7 heteroatoms. The van der Waals surface area contributed by atoms with Crippen LogP contribution in [0.5, 0.6) is 11.5 Å². The van der Waals surface area contributed by atoms with Gasteiger partial charge in [-0.1, -0.05) is 41.9 Å². The SMILES string of the molecule is O=C(c1ccccc1F)N1CCOc2c(cc(-c3cccc(Cl)c3)cc2OCc2cccnc2)C1. The van der Waals surface area contributed by atoms with Crippen LogP contribution in [0.25, 0.3) is 11.1 Å². The maximum atomic E-state index is 14.3. The van der Waals surface area contributed by atoms with Crippen molar-refractivity contribution in [2.24, 2.45) is 0 Å². The van der Waals surface area contributed by atoms with Crippen LogP contribution in [0.2, 0.25) is 5.02 Å².